The van der Waals surface area contributed by atoms with E-state index in [1.54, 1.807) is 36.4 Å². The van der Waals surface area contributed by atoms with Gasteiger partial charge in [0.2, 0.25) is 0 Å². The zero-order valence-corrected chi connectivity index (χ0v) is 15.9. The first-order valence-corrected chi connectivity index (χ1v) is 9.04. The van der Waals surface area contributed by atoms with E-state index < -0.39 is 0 Å². The van der Waals surface area contributed by atoms with Gasteiger partial charge in [-0.3, -0.25) is 14.5 Å². The van der Waals surface area contributed by atoms with E-state index in [1.165, 1.54) is 4.90 Å². The fourth-order valence-corrected chi connectivity index (χ4v) is 3.57. The fraction of sp³-hybridized carbons (Fsp3) is 0.0667. The molecule has 0 radical (unpaired) electrons. The summed E-state index contributed by atoms with van der Waals surface area (Å²) in [6.45, 7) is 0.147. The van der Waals surface area contributed by atoms with Crippen molar-refractivity contribution in [3.05, 3.63) is 60.4 Å². The molecule has 118 valence electrons. The number of hydrogen-bond donors (Lipinski definition) is 0. The van der Waals surface area contributed by atoms with Crippen molar-refractivity contribution in [1.29, 1.82) is 0 Å². The Morgan fingerprint density at radius 1 is 1.17 bits per heavy atom. The van der Waals surface area contributed by atoms with Crippen LogP contribution < -0.4 is 0 Å². The predicted octanol–water partition coefficient (Wildman–Crippen LogP) is 5.43. The minimum atomic E-state index is -0.350. The Labute approximate surface area is 159 Å². The van der Waals surface area contributed by atoms with Crippen LogP contribution in [0.5, 0.6) is 0 Å². The number of benzene rings is 1. The van der Waals surface area contributed by atoms with Crippen LogP contribution in [0.15, 0.2) is 39.7 Å². The summed E-state index contributed by atoms with van der Waals surface area (Å²) in [5.41, 5.74) is 0.732. The highest BCUT2D eigenvalue weighted by molar-refractivity contribution is 14.1. The third-order valence-corrected chi connectivity index (χ3v) is 5.29. The van der Waals surface area contributed by atoms with Gasteiger partial charge in [0.1, 0.15) is 5.76 Å². The van der Waals surface area contributed by atoms with E-state index in [2.05, 4.69) is 0 Å². The molecular weight excluding hydrogens is 472 g/mol. The highest BCUT2D eigenvalue weighted by atomic mass is 127. The van der Waals surface area contributed by atoms with Gasteiger partial charge in [-0.2, -0.15) is 0 Å². The van der Waals surface area contributed by atoms with Crippen molar-refractivity contribution in [3.8, 4) is 0 Å². The SMILES string of the molecule is O=C1S/C(=C/c2ccc(I)o2)C(=O)N1Cc1ccc(Cl)c(Cl)c1. The molecule has 1 aromatic heterocycles. The Bertz CT molecular complexity index is 834. The average Bonchev–Trinajstić information content (AvgIpc) is 3.02. The number of thioether (sulfide) groups is 1. The first-order chi connectivity index (χ1) is 10.9. The topological polar surface area (TPSA) is 50.5 Å². The second-order valence-corrected chi connectivity index (χ2v) is 7.53. The van der Waals surface area contributed by atoms with Crippen LogP contribution in [0.4, 0.5) is 4.79 Å². The molecule has 1 saturated heterocycles. The van der Waals surface area contributed by atoms with Gasteiger partial charge in [0.15, 0.2) is 3.77 Å². The number of furan rings is 1. The number of carbonyl (C=O) groups excluding carboxylic acids is 2. The lowest BCUT2D eigenvalue weighted by molar-refractivity contribution is -0.123. The van der Waals surface area contributed by atoms with Crippen LogP contribution >= 0.6 is 57.6 Å². The van der Waals surface area contributed by atoms with E-state index in [9.17, 15) is 9.59 Å². The molecule has 0 aliphatic carbocycles. The molecule has 1 aromatic carbocycles. The number of nitrogens with zero attached hydrogens (tertiary/aromatic N) is 1. The highest BCUT2D eigenvalue weighted by Crippen LogP contribution is 2.34. The molecule has 1 aliphatic rings. The van der Waals surface area contributed by atoms with E-state index in [0.717, 1.165) is 17.3 Å². The van der Waals surface area contributed by atoms with Gasteiger partial charge < -0.3 is 4.42 Å². The maximum Gasteiger partial charge on any atom is 0.293 e. The number of amides is 2. The molecule has 23 heavy (non-hydrogen) atoms. The third kappa shape index (κ3) is 3.76. The molecule has 2 amide bonds. The van der Waals surface area contributed by atoms with Crippen molar-refractivity contribution in [2.45, 2.75) is 6.54 Å². The Balaban J connectivity index is 1.81. The van der Waals surface area contributed by atoms with Crippen LogP contribution in [0.25, 0.3) is 6.08 Å². The minimum absolute atomic E-state index is 0.147. The Morgan fingerprint density at radius 2 is 1.96 bits per heavy atom. The van der Waals surface area contributed by atoms with E-state index in [0.29, 0.717) is 24.5 Å². The Morgan fingerprint density at radius 3 is 2.61 bits per heavy atom. The molecule has 0 spiro atoms. The van der Waals surface area contributed by atoms with E-state index >= 15 is 0 Å². The van der Waals surface area contributed by atoms with Gasteiger partial charge >= 0.3 is 0 Å². The van der Waals surface area contributed by atoms with Crippen molar-refractivity contribution in [2.24, 2.45) is 0 Å². The summed E-state index contributed by atoms with van der Waals surface area (Å²) in [7, 11) is 0. The summed E-state index contributed by atoms with van der Waals surface area (Å²) in [5.74, 6) is 0.187. The Kier molecular flexibility index (Phi) is 5.05. The first kappa shape index (κ1) is 16.9. The molecule has 0 bridgehead atoms. The van der Waals surface area contributed by atoms with Gasteiger partial charge in [-0.25, -0.2) is 0 Å². The van der Waals surface area contributed by atoms with Gasteiger partial charge in [-0.05, 0) is 64.2 Å². The van der Waals surface area contributed by atoms with Crippen LogP contribution in [0, 0.1) is 3.77 Å². The summed E-state index contributed by atoms with van der Waals surface area (Å²) in [4.78, 5) is 26.0. The molecule has 3 rings (SSSR count). The second kappa shape index (κ2) is 6.88. The van der Waals surface area contributed by atoms with E-state index in [-0.39, 0.29) is 17.7 Å². The van der Waals surface area contributed by atoms with Gasteiger partial charge in [0.25, 0.3) is 11.1 Å². The van der Waals surface area contributed by atoms with Crippen LogP contribution in [-0.2, 0) is 11.3 Å². The molecular formula is C15H8Cl2INO3S. The molecule has 2 aromatic rings. The molecule has 8 heteroatoms. The van der Waals surface area contributed by atoms with E-state index in [1.807, 2.05) is 22.6 Å². The van der Waals surface area contributed by atoms with Gasteiger partial charge in [-0.1, -0.05) is 29.3 Å². The lowest BCUT2D eigenvalue weighted by Crippen LogP contribution is -2.27. The molecule has 0 saturated carbocycles. The normalized spacial score (nSPS) is 16.7. The van der Waals surface area contributed by atoms with Crippen molar-refractivity contribution in [2.75, 3.05) is 0 Å². The molecule has 4 nitrogen and oxygen atoms in total. The van der Waals surface area contributed by atoms with Crippen LogP contribution in [-0.4, -0.2) is 16.0 Å². The average molecular weight is 480 g/mol. The first-order valence-electron chi connectivity index (χ1n) is 6.38. The van der Waals surface area contributed by atoms with Crippen LogP contribution in [0.1, 0.15) is 11.3 Å². The number of carbonyl (C=O) groups is 2. The molecule has 1 fully saturated rings. The van der Waals surface area contributed by atoms with Crippen LogP contribution in [0.3, 0.4) is 0 Å². The largest absolute Gasteiger partial charge is 0.451 e. The zero-order chi connectivity index (χ0) is 16.6. The molecule has 2 heterocycles. The summed E-state index contributed by atoms with van der Waals surface area (Å²) in [6, 6.07) is 8.54. The maximum absolute atomic E-state index is 12.4. The highest BCUT2D eigenvalue weighted by Gasteiger charge is 2.35. The van der Waals surface area contributed by atoms with Gasteiger partial charge in [0, 0.05) is 6.08 Å². The van der Waals surface area contributed by atoms with Gasteiger partial charge in [0.05, 0.1) is 21.5 Å². The quantitative estimate of drug-likeness (QED) is 0.435. The number of hydrogen-bond acceptors (Lipinski definition) is 4. The molecule has 0 atom stereocenters. The lowest BCUT2D eigenvalue weighted by Gasteiger charge is -2.12. The monoisotopic (exact) mass is 479 g/mol. The van der Waals surface area contributed by atoms with Crippen molar-refractivity contribution < 1.29 is 14.0 Å². The van der Waals surface area contributed by atoms with Crippen molar-refractivity contribution >= 4 is 74.8 Å². The standard InChI is InChI=1S/C15H8Cl2INO3S/c16-10-3-1-8(5-11(10)17)7-19-14(20)12(23-15(19)21)6-9-2-4-13(18)22-9/h1-6H,7H2/b12-6+. The van der Waals surface area contributed by atoms with Crippen molar-refractivity contribution in [1.82, 2.24) is 4.90 Å². The summed E-state index contributed by atoms with van der Waals surface area (Å²) in [6.07, 6.45) is 1.57. The zero-order valence-electron chi connectivity index (χ0n) is 11.4. The van der Waals surface area contributed by atoms with Crippen LogP contribution in [0.2, 0.25) is 10.0 Å². The molecule has 1 aliphatic heterocycles. The number of halogens is 3. The third-order valence-electron chi connectivity index (χ3n) is 3.07. The number of imide groups is 1. The predicted molar refractivity (Wildman–Crippen MR) is 99.4 cm³/mol. The molecule has 0 N–H and O–H groups in total. The van der Waals surface area contributed by atoms with Gasteiger partial charge in [-0.15, -0.1) is 0 Å². The van der Waals surface area contributed by atoms with Crippen molar-refractivity contribution in [3.63, 3.8) is 0 Å². The summed E-state index contributed by atoms with van der Waals surface area (Å²) in [5, 5.41) is 0.488. The molecule has 0 unspecified atom stereocenters. The number of rotatable bonds is 3. The summed E-state index contributed by atoms with van der Waals surface area (Å²) >= 11 is 14.7. The van der Waals surface area contributed by atoms with E-state index in [4.69, 9.17) is 27.6 Å². The minimum Gasteiger partial charge on any atom is -0.451 e. The fourth-order valence-electron chi connectivity index (χ4n) is 1.99. The Hall–Kier alpha value is -0.960. The lowest BCUT2D eigenvalue weighted by atomic mass is 10.2. The maximum atomic E-state index is 12.4. The smallest absolute Gasteiger partial charge is 0.293 e. The second-order valence-electron chi connectivity index (χ2n) is 4.66. The summed E-state index contributed by atoms with van der Waals surface area (Å²) < 4.78 is 6.11.